The van der Waals surface area contributed by atoms with Crippen LogP contribution in [0.2, 0.25) is 0 Å². The van der Waals surface area contributed by atoms with Gasteiger partial charge in [-0.2, -0.15) is 0 Å². The van der Waals surface area contributed by atoms with Gasteiger partial charge < -0.3 is 10.0 Å². The lowest BCUT2D eigenvalue weighted by Gasteiger charge is -2.10. The van der Waals surface area contributed by atoms with Crippen LogP contribution in [0.1, 0.15) is 6.42 Å². The molecule has 0 saturated carbocycles. The molecule has 0 amide bonds. The summed E-state index contributed by atoms with van der Waals surface area (Å²) in [5.41, 5.74) is 0.326. The maximum atomic E-state index is 8.78. The van der Waals surface area contributed by atoms with E-state index in [2.05, 4.69) is 0 Å². The maximum Gasteiger partial charge on any atom is 0.489 e. The predicted octanol–water partition coefficient (Wildman–Crippen LogP) is 0.821. The minimum atomic E-state index is -1.51. The summed E-state index contributed by atoms with van der Waals surface area (Å²) in [7, 11) is -1.51. The van der Waals surface area contributed by atoms with Crippen molar-refractivity contribution in [3.8, 4) is 0 Å². The monoisotopic (exact) mass is 188 g/mol. The highest BCUT2D eigenvalue weighted by atomic mass is 35.5. The van der Waals surface area contributed by atoms with Crippen LogP contribution in [0.5, 0.6) is 0 Å². The molecule has 1 aliphatic carbocycles. The van der Waals surface area contributed by atoms with E-state index in [-0.39, 0.29) is 0 Å². The molecule has 0 atom stereocenters. The van der Waals surface area contributed by atoms with Crippen molar-refractivity contribution in [3.63, 3.8) is 0 Å². The first-order valence-corrected chi connectivity index (χ1v) is 3.86. The summed E-state index contributed by atoms with van der Waals surface area (Å²) in [6.07, 6.45) is 3.71. The van der Waals surface area contributed by atoms with Gasteiger partial charge in [-0.05, 0) is 11.5 Å². The van der Waals surface area contributed by atoms with E-state index < -0.39 is 7.12 Å². The van der Waals surface area contributed by atoms with Crippen molar-refractivity contribution in [2.24, 2.45) is 0 Å². The Morgan fingerprint density at radius 2 is 2.18 bits per heavy atom. The first-order valence-electron chi connectivity index (χ1n) is 3.08. The Kier molecular flexibility index (Phi) is 2.84. The number of thiocarbonyl (C=S) groups is 1. The number of hydrogen-bond acceptors (Lipinski definition) is 3. The Hall–Kier alpha value is -0.155. The van der Waals surface area contributed by atoms with Crippen LogP contribution in [-0.4, -0.2) is 22.0 Å². The van der Waals surface area contributed by atoms with E-state index in [1.165, 1.54) is 6.08 Å². The van der Waals surface area contributed by atoms with E-state index in [4.69, 9.17) is 33.9 Å². The fourth-order valence-corrected chi connectivity index (χ4v) is 1.26. The first kappa shape index (κ1) is 8.94. The highest BCUT2D eigenvalue weighted by molar-refractivity contribution is 7.81. The van der Waals surface area contributed by atoms with Crippen molar-refractivity contribution in [3.05, 3.63) is 22.7 Å². The molecule has 0 heterocycles. The SMILES string of the molecule is OB(O)C1=CC(Cl)=CCC1=S. The molecule has 5 heteroatoms. The third-order valence-electron chi connectivity index (χ3n) is 1.38. The molecule has 0 bridgehead atoms. The van der Waals surface area contributed by atoms with Crippen LogP contribution in [0.25, 0.3) is 0 Å². The van der Waals surface area contributed by atoms with Crippen LogP contribution in [-0.2, 0) is 0 Å². The molecule has 11 heavy (non-hydrogen) atoms. The van der Waals surface area contributed by atoms with Crippen molar-refractivity contribution in [1.29, 1.82) is 0 Å². The van der Waals surface area contributed by atoms with Crippen molar-refractivity contribution in [2.75, 3.05) is 0 Å². The number of hydrogen-bond donors (Lipinski definition) is 2. The molecule has 0 radical (unpaired) electrons. The first-order chi connectivity index (χ1) is 5.11. The molecule has 0 aromatic rings. The number of allylic oxidation sites excluding steroid dienone is 4. The van der Waals surface area contributed by atoms with Gasteiger partial charge in [0.2, 0.25) is 0 Å². The standard InChI is InChI=1S/C6H6BClO2S/c8-4-1-2-6(11)5(3-4)7(9)10/h1,3,9-10H,2H2. The van der Waals surface area contributed by atoms with Crippen LogP contribution in [0, 0.1) is 0 Å². The van der Waals surface area contributed by atoms with Gasteiger partial charge in [-0.1, -0.05) is 29.9 Å². The summed E-state index contributed by atoms with van der Waals surface area (Å²) in [6, 6.07) is 0. The summed E-state index contributed by atoms with van der Waals surface area (Å²) in [5.74, 6) is 0. The van der Waals surface area contributed by atoms with Crippen LogP contribution < -0.4 is 0 Å². The van der Waals surface area contributed by atoms with Crippen LogP contribution in [0.3, 0.4) is 0 Å². The quantitative estimate of drug-likeness (QED) is 0.473. The second kappa shape index (κ2) is 3.49. The lowest BCUT2D eigenvalue weighted by Crippen LogP contribution is -2.22. The molecule has 58 valence electrons. The molecule has 0 aromatic carbocycles. The van der Waals surface area contributed by atoms with E-state index in [1.807, 2.05) is 0 Å². The van der Waals surface area contributed by atoms with Gasteiger partial charge in [0.15, 0.2) is 0 Å². The molecule has 0 aliphatic heterocycles. The lowest BCUT2D eigenvalue weighted by molar-refractivity contribution is 0.421. The lowest BCUT2D eigenvalue weighted by atomic mass is 9.75. The second-order valence-corrected chi connectivity index (χ2v) is 3.12. The normalized spacial score (nSPS) is 17.5. The smallest absolute Gasteiger partial charge is 0.423 e. The molecule has 0 aromatic heterocycles. The Bertz CT molecular complexity index is 247. The van der Waals surface area contributed by atoms with Gasteiger partial charge in [0.1, 0.15) is 0 Å². The third kappa shape index (κ3) is 2.14. The van der Waals surface area contributed by atoms with Gasteiger partial charge in [-0.3, -0.25) is 0 Å². The molecule has 0 unspecified atom stereocenters. The zero-order valence-electron chi connectivity index (χ0n) is 5.62. The maximum absolute atomic E-state index is 8.78. The van der Waals surface area contributed by atoms with Crippen molar-refractivity contribution < 1.29 is 10.0 Å². The summed E-state index contributed by atoms with van der Waals surface area (Å²) in [4.78, 5) is 0.532. The fraction of sp³-hybridized carbons (Fsp3) is 0.167. The summed E-state index contributed by atoms with van der Waals surface area (Å²) in [5, 5.41) is 18.1. The zero-order chi connectivity index (χ0) is 8.43. The van der Waals surface area contributed by atoms with E-state index in [0.29, 0.717) is 21.8 Å². The van der Waals surface area contributed by atoms with E-state index in [0.717, 1.165) is 0 Å². The molecule has 2 N–H and O–H groups in total. The molecule has 0 saturated heterocycles. The molecular weight excluding hydrogens is 182 g/mol. The topological polar surface area (TPSA) is 40.5 Å². The minimum absolute atomic E-state index is 0.326. The minimum Gasteiger partial charge on any atom is -0.423 e. The molecule has 1 aliphatic rings. The van der Waals surface area contributed by atoms with Gasteiger partial charge in [-0.15, -0.1) is 0 Å². The highest BCUT2D eigenvalue weighted by Crippen LogP contribution is 2.18. The zero-order valence-corrected chi connectivity index (χ0v) is 7.19. The van der Waals surface area contributed by atoms with Crippen molar-refractivity contribution in [2.45, 2.75) is 6.42 Å². The number of halogens is 1. The highest BCUT2D eigenvalue weighted by Gasteiger charge is 2.20. The van der Waals surface area contributed by atoms with E-state index >= 15 is 0 Å². The van der Waals surface area contributed by atoms with Crippen LogP contribution >= 0.6 is 23.8 Å². The van der Waals surface area contributed by atoms with Gasteiger partial charge >= 0.3 is 7.12 Å². The van der Waals surface area contributed by atoms with Gasteiger partial charge in [0.25, 0.3) is 0 Å². The Morgan fingerprint density at radius 1 is 1.55 bits per heavy atom. The van der Waals surface area contributed by atoms with Gasteiger partial charge in [0, 0.05) is 16.3 Å². The summed E-state index contributed by atoms with van der Waals surface area (Å²) in [6.45, 7) is 0. The molecule has 0 fully saturated rings. The predicted molar refractivity (Wildman–Crippen MR) is 49.4 cm³/mol. The molecular formula is C6H6BClO2S. The largest absolute Gasteiger partial charge is 0.489 e. The summed E-state index contributed by atoms with van der Waals surface area (Å²) < 4.78 is 0. The van der Waals surface area contributed by atoms with E-state index in [9.17, 15) is 0 Å². The van der Waals surface area contributed by atoms with Crippen molar-refractivity contribution >= 4 is 35.8 Å². The third-order valence-corrected chi connectivity index (χ3v) is 2.04. The van der Waals surface area contributed by atoms with Crippen LogP contribution in [0.4, 0.5) is 0 Å². The van der Waals surface area contributed by atoms with E-state index in [1.54, 1.807) is 6.08 Å². The fourth-order valence-electron chi connectivity index (χ4n) is 0.815. The molecule has 1 rings (SSSR count). The second-order valence-electron chi connectivity index (χ2n) is 2.19. The number of rotatable bonds is 1. The summed E-state index contributed by atoms with van der Waals surface area (Å²) >= 11 is 10.5. The van der Waals surface area contributed by atoms with Gasteiger partial charge in [-0.25, -0.2) is 0 Å². The molecule has 2 nitrogen and oxygen atoms in total. The Labute approximate surface area is 75.3 Å². The average Bonchev–Trinajstić information content (AvgIpc) is 1.94. The molecule has 0 spiro atoms. The van der Waals surface area contributed by atoms with Crippen LogP contribution in [0.15, 0.2) is 22.7 Å². The van der Waals surface area contributed by atoms with Gasteiger partial charge in [0.05, 0.1) is 0 Å². The Balaban J connectivity index is 2.90. The van der Waals surface area contributed by atoms with Crippen molar-refractivity contribution in [1.82, 2.24) is 0 Å². The average molecular weight is 188 g/mol. The Morgan fingerprint density at radius 3 is 2.64 bits per heavy atom.